The molecule has 0 atom stereocenters. The van der Waals surface area contributed by atoms with E-state index in [1.54, 1.807) is 6.92 Å². The molecular formula is C7H12O3S2. The summed E-state index contributed by atoms with van der Waals surface area (Å²) in [4.78, 5) is 10.8. The molecule has 0 aromatic heterocycles. The van der Waals surface area contributed by atoms with Gasteiger partial charge in [-0.05, 0) is 33.0 Å². The second-order valence-corrected chi connectivity index (χ2v) is 3.74. The Kier molecular flexibility index (Phi) is 6.10. The second-order valence-electron chi connectivity index (χ2n) is 2.20. The highest BCUT2D eigenvalue weighted by Gasteiger charge is 2.09. The lowest BCUT2D eigenvalue weighted by Crippen LogP contribution is -2.09. The first kappa shape index (κ1) is 11.7. The van der Waals surface area contributed by atoms with Crippen molar-refractivity contribution in [2.75, 3.05) is 6.61 Å². The average Bonchev–Trinajstić information content (AvgIpc) is 1.84. The molecule has 0 fully saturated rings. The van der Waals surface area contributed by atoms with Gasteiger partial charge in [0.1, 0.15) is 0 Å². The predicted molar refractivity (Wildman–Crippen MR) is 53.4 cm³/mol. The zero-order chi connectivity index (χ0) is 9.56. The largest absolute Gasteiger partial charge is 0.475 e. The highest BCUT2D eigenvalue weighted by atomic mass is 32.2. The summed E-state index contributed by atoms with van der Waals surface area (Å²) in [6, 6.07) is 0. The summed E-state index contributed by atoms with van der Waals surface area (Å²) in [5.74, 6) is 0. The van der Waals surface area contributed by atoms with Gasteiger partial charge in [-0.2, -0.15) is 0 Å². The van der Waals surface area contributed by atoms with Crippen molar-refractivity contribution in [1.29, 1.82) is 0 Å². The minimum Gasteiger partial charge on any atom is -0.475 e. The summed E-state index contributed by atoms with van der Waals surface area (Å²) < 4.78 is 9.92. The Bertz CT molecular complexity index is 168. The van der Waals surface area contributed by atoms with Crippen molar-refractivity contribution in [2.24, 2.45) is 0 Å². The van der Waals surface area contributed by atoms with E-state index in [1.807, 2.05) is 13.8 Å². The lowest BCUT2D eigenvalue weighted by atomic mass is 10.5. The number of carbonyl (C=O) groups excluding carboxylic acids is 1. The van der Waals surface area contributed by atoms with Crippen LogP contribution in [0.15, 0.2) is 0 Å². The van der Waals surface area contributed by atoms with E-state index < -0.39 is 5.30 Å². The molecule has 0 unspecified atom stereocenters. The maximum atomic E-state index is 10.8. The van der Waals surface area contributed by atoms with Crippen LogP contribution < -0.4 is 0 Å². The average molecular weight is 208 g/mol. The molecule has 70 valence electrons. The highest BCUT2D eigenvalue weighted by Crippen LogP contribution is 2.11. The van der Waals surface area contributed by atoms with Gasteiger partial charge >= 0.3 is 5.30 Å². The van der Waals surface area contributed by atoms with Crippen LogP contribution in [0.5, 0.6) is 0 Å². The molecule has 0 saturated carbocycles. The molecule has 0 aliphatic heterocycles. The Morgan fingerprint density at radius 2 is 2.17 bits per heavy atom. The highest BCUT2D eigenvalue weighted by molar-refractivity contribution is 8.32. The third kappa shape index (κ3) is 6.42. The number of thioether (sulfide) groups is 1. The normalized spacial score (nSPS) is 9.67. The van der Waals surface area contributed by atoms with Crippen molar-refractivity contribution in [2.45, 2.75) is 26.9 Å². The van der Waals surface area contributed by atoms with Gasteiger partial charge in [0.05, 0.1) is 12.7 Å². The summed E-state index contributed by atoms with van der Waals surface area (Å²) in [6.45, 7) is 5.79. The molecular weight excluding hydrogens is 196 g/mol. The Labute approximate surface area is 81.8 Å². The Balaban J connectivity index is 3.62. The third-order valence-electron chi connectivity index (χ3n) is 0.761. The molecule has 0 heterocycles. The molecule has 0 bridgehead atoms. The van der Waals surface area contributed by atoms with Gasteiger partial charge in [0.2, 0.25) is 4.38 Å². The SMILES string of the molecule is CCOC(=O)SC(=S)OC(C)C. The molecule has 0 amide bonds. The predicted octanol–water partition coefficient (Wildman–Crippen LogP) is 2.59. The molecule has 0 N–H and O–H groups in total. The quantitative estimate of drug-likeness (QED) is 0.515. The molecule has 0 saturated heterocycles. The van der Waals surface area contributed by atoms with Gasteiger partial charge in [0.25, 0.3) is 0 Å². The number of thiocarbonyl (C=S) groups is 1. The maximum absolute atomic E-state index is 10.8. The van der Waals surface area contributed by atoms with Crippen LogP contribution in [0.1, 0.15) is 20.8 Å². The molecule has 0 aliphatic carbocycles. The summed E-state index contributed by atoms with van der Waals surface area (Å²) in [6.07, 6.45) is -0.000531. The van der Waals surface area contributed by atoms with E-state index >= 15 is 0 Å². The van der Waals surface area contributed by atoms with E-state index in [1.165, 1.54) is 0 Å². The fourth-order valence-corrected chi connectivity index (χ4v) is 1.38. The lowest BCUT2D eigenvalue weighted by Gasteiger charge is -2.08. The standard InChI is InChI=1S/C7H12O3S2/c1-4-9-6(8)12-7(11)10-5(2)3/h5H,4H2,1-3H3. The van der Waals surface area contributed by atoms with E-state index in [0.29, 0.717) is 6.61 Å². The molecule has 3 nitrogen and oxygen atoms in total. The minimum absolute atomic E-state index is 0.000531. The maximum Gasteiger partial charge on any atom is 0.375 e. The summed E-state index contributed by atoms with van der Waals surface area (Å²) in [5.41, 5.74) is 0. The number of hydrogen-bond acceptors (Lipinski definition) is 5. The van der Waals surface area contributed by atoms with Crippen molar-refractivity contribution in [1.82, 2.24) is 0 Å². The minimum atomic E-state index is -0.414. The van der Waals surface area contributed by atoms with E-state index in [9.17, 15) is 4.79 Å². The zero-order valence-corrected chi connectivity index (χ0v) is 8.96. The Hall–Kier alpha value is -0.290. The van der Waals surface area contributed by atoms with Crippen molar-refractivity contribution in [3.05, 3.63) is 0 Å². The van der Waals surface area contributed by atoms with Crippen molar-refractivity contribution in [3.63, 3.8) is 0 Å². The van der Waals surface area contributed by atoms with Gasteiger partial charge in [-0.25, -0.2) is 4.79 Å². The van der Waals surface area contributed by atoms with Gasteiger partial charge in [-0.3, -0.25) is 0 Å². The van der Waals surface area contributed by atoms with Crippen LogP contribution in [0.3, 0.4) is 0 Å². The number of carbonyl (C=O) groups is 1. The van der Waals surface area contributed by atoms with Gasteiger partial charge in [0.15, 0.2) is 0 Å². The van der Waals surface area contributed by atoms with Crippen LogP contribution in [0.25, 0.3) is 0 Å². The zero-order valence-electron chi connectivity index (χ0n) is 7.33. The molecule has 0 spiro atoms. The molecule has 0 radical (unpaired) electrons. The summed E-state index contributed by atoms with van der Waals surface area (Å²) in [7, 11) is 0. The van der Waals surface area contributed by atoms with Crippen molar-refractivity contribution < 1.29 is 14.3 Å². The molecule has 0 aromatic rings. The van der Waals surface area contributed by atoms with Gasteiger partial charge in [0, 0.05) is 11.8 Å². The van der Waals surface area contributed by atoms with Crippen LogP contribution in [0.2, 0.25) is 0 Å². The summed E-state index contributed by atoms with van der Waals surface area (Å²) >= 11 is 5.56. The Morgan fingerprint density at radius 3 is 2.58 bits per heavy atom. The van der Waals surface area contributed by atoms with Crippen molar-refractivity contribution >= 4 is 33.7 Å². The first-order chi connectivity index (χ1) is 5.56. The van der Waals surface area contributed by atoms with Crippen LogP contribution in [-0.2, 0) is 9.47 Å². The molecule has 12 heavy (non-hydrogen) atoms. The molecule has 0 aromatic carbocycles. The molecule has 0 aliphatic rings. The lowest BCUT2D eigenvalue weighted by molar-refractivity contribution is 0.181. The number of ether oxygens (including phenoxy) is 2. The first-order valence-electron chi connectivity index (χ1n) is 3.61. The van der Waals surface area contributed by atoms with Gasteiger partial charge in [-0.1, -0.05) is 0 Å². The second kappa shape index (κ2) is 6.25. The fraction of sp³-hybridized carbons (Fsp3) is 0.714. The first-order valence-corrected chi connectivity index (χ1v) is 4.84. The summed E-state index contributed by atoms with van der Waals surface area (Å²) in [5, 5.41) is -0.414. The van der Waals surface area contributed by atoms with Crippen LogP contribution in [0, 0.1) is 0 Å². The van der Waals surface area contributed by atoms with Gasteiger partial charge in [-0.15, -0.1) is 0 Å². The van der Waals surface area contributed by atoms with E-state index in [-0.39, 0.29) is 10.5 Å². The van der Waals surface area contributed by atoms with Crippen molar-refractivity contribution in [3.8, 4) is 0 Å². The molecule has 5 heteroatoms. The smallest absolute Gasteiger partial charge is 0.375 e. The topological polar surface area (TPSA) is 35.5 Å². The van der Waals surface area contributed by atoms with E-state index in [0.717, 1.165) is 11.8 Å². The van der Waals surface area contributed by atoms with E-state index in [2.05, 4.69) is 4.74 Å². The van der Waals surface area contributed by atoms with Gasteiger partial charge < -0.3 is 9.47 Å². The number of rotatable bonds is 2. The molecule has 0 rings (SSSR count). The Morgan fingerprint density at radius 1 is 1.58 bits per heavy atom. The third-order valence-corrected chi connectivity index (χ3v) is 1.65. The van der Waals surface area contributed by atoms with Crippen LogP contribution >= 0.6 is 24.0 Å². The van der Waals surface area contributed by atoms with E-state index in [4.69, 9.17) is 17.0 Å². The fourth-order valence-electron chi connectivity index (χ4n) is 0.432. The monoisotopic (exact) mass is 208 g/mol. The number of hydrogen-bond donors (Lipinski definition) is 0. The van der Waals surface area contributed by atoms with Crippen LogP contribution in [0.4, 0.5) is 4.79 Å². The van der Waals surface area contributed by atoms with Crippen LogP contribution in [-0.4, -0.2) is 22.4 Å².